The molecule has 1 rings (SSSR count). The van der Waals surface area contributed by atoms with Crippen molar-refractivity contribution in [2.45, 2.75) is 31.7 Å². The van der Waals surface area contributed by atoms with Crippen molar-refractivity contribution in [1.82, 2.24) is 10.2 Å². The van der Waals surface area contributed by atoms with Crippen LogP contribution in [0.4, 0.5) is 0 Å². The van der Waals surface area contributed by atoms with E-state index in [4.69, 9.17) is 10.5 Å². The van der Waals surface area contributed by atoms with Crippen LogP contribution in [-0.2, 0) is 9.53 Å². The van der Waals surface area contributed by atoms with Gasteiger partial charge < -0.3 is 20.7 Å². The highest BCUT2D eigenvalue weighted by Crippen LogP contribution is 2.22. The van der Waals surface area contributed by atoms with E-state index in [-0.39, 0.29) is 17.9 Å². The van der Waals surface area contributed by atoms with E-state index in [1.165, 1.54) is 0 Å². The molecule has 0 saturated heterocycles. The second-order valence-electron chi connectivity index (χ2n) is 5.14. The summed E-state index contributed by atoms with van der Waals surface area (Å²) in [4.78, 5) is 14.1. The number of carbonyl (C=O) groups excluding carboxylic acids is 1. The lowest BCUT2D eigenvalue weighted by Gasteiger charge is -2.27. The van der Waals surface area contributed by atoms with Crippen LogP contribution in [0.2, 0.25) is 0 Å². The molecule has 1 amide bonds. The predicted molar refractivity (Wildman–Crippen MR) is 72.3 cm³/mol. The van der Waals surface area contributed by atoms with Gasteiger partial charge >= 0.3 is 0 Å². The molecule has 18 heavy (non-hydrogen) atoms. The van der Waals surface area contributed by atoms with Gasteiger partial charge in [-0.3, -0.25) is 4.79 Å². The van der Waals surface area contributed by atoms with Gasteiger partial charge in [0.2, 0.25) is 5.91 Å². The monoisotopic (exact) mass is 257 g/mol. The minimum atomic E-state index is 0.0167. The maximum atomic E-state index is 12.0. The highest BCUT2D eigenvalue weighted by molar-refractivity contribution is 5.79. The van der Waals surface area contributed by atoms with Crippen molar-refractivity contribution in [3.8, 4) is 0 Å². The first-order valence-corrected chi connectivity index (χ1v) is 6.86. The molecule has 106 valence electrons. The summed E-state index contributed by atoms with van der Waals surface area (Å²) in [6.45, 7) is 3.13. The van der Waals surface area contributed by atoms with Crippen LogP contribution >= 0.6 is 0 Å². The summed E-state index contributed by atoms with van der Waals surface area (Å²) in [5, 5.41) is 2.99. The van der Waals surface area contributed by atoms with Crippen LogP contribution < -0.4 is 11.1 Å². The number of nitrogens with two attached hydrogens (primary N) is 1. The number of rotatable bonds is 7. The lowest BCUT2D eigenvalue weighted by molar-refractivity contribution is -0.126. The first-order chi connectivity index (χ1) is 8.65. The fraction of sp³-hybridized carbons (Fsp3) is 0.923. The van der Waals surface area contributed by atoms with Crippen LogP contribution in [0.5, 0.6) is 0 Å². The molecule has 0 aromatic carbocycles. The Labute approximate surface area is 110 Å². The van der Waals surface area contributed by atoms with Gasteiger partial charge in [0.15, 0.2) is 0 Å². The minimum absolute atomic E-state index is 0.0167. The second-order valence-corrected chi connectivity index (χ2v) is 5.14. The van der Waals surface area contributed by atoms with Gasteiger partial charge in [-0.1, -0.05) is 12.8 Å². The Morgan fingerprint density at radius 2 is 2.11 bits per heavy atom. The zero-order valence-electron chi connectivity index (χ0n) is 11.7. The summed E-state index contributed by atoms with van der Waals surface area (Å²) in [6.07, 6.45) is 4.20. The van der Waals surface area contributed by atoms with Gasteiger partial charge in [-0.15, -0.1) is 0 Å². The molecule has 2 unspecified atom stereocenters. The number of likely N-dealkylation sites (N-methyl/N-ethyl adjacent to an activating group) is 1. The Morgan fingerprint density at radius 3 is 2.78 bits per heavy atom. The number of hydrogen-bond acceptors (Lipinski definition) is 4. The first kappa shape index (κ1) is 15.4. The molecule has 3 N–H and O–H groups in total. The topological polar surface area (TPSA) is 67.6 Å². The number of methoxy groups -OCH3 is 1. The van der Waals surface area contributed by atoms with E-state index in [0.717, 1.165) is 45.4 Å². The third-order valence-corrected chi connectivity index (χ3v) is 3.63. The first-order valence-electron chi connectivity index (χ1n) is 6.86. The molecule has 2 atom stereocenters. The van der Waals surface area contributed by atoms with Gasteiger partial charge in [-0.2, -0.15) is 0 Å². The molecule has 0 aromatic rings. The quantitative estimate of drug-likeness (QED) is 0.683. The number of amides is 1. The van der Waals surface area contributed by atoms with Crippen LogP contribution in [0, 0.1) is 5.92 Å². The highest BCUT2D eigenvalue weighted by atomic mass is 16.5. The zero-order chi connectivity index (χ0) is 13.4. The molecule has 0 aromatic heterocycles. The molecule has 0 radical (unpaired) electrons. The average Bonchev–Trinajstić information content (AvgIpc) is 2.36. The molecular formula is C13H27N3O2. The van der Waals surface area contributed by atoms with Crippen molar-refractivity contribution in [3.63, 3.8) is 0 Å². The molecule has 1 saturated carbocycles. The molecule has 5 heteroatoms. The predicted octanol–water partition coefficient (Wildman–Crippen LogP) is 0.198. The van der Waals surface area contributed by atoms with E-state index >= 15 is 0 Å². The second kappa shape index (κ2) is 8.45. The molecule has 5 nitrogen and oxygen atoms in total. The SMILES string of the molecule is COCCN(C)CCNC(=O)C1CCCCC1N. The fourth-order valence-electron chi connectivity index (χ4n) is 2.35. The number of hydrogen-bond donors (Lipinski definition) is 2. The van der Waals surface area contributed by atoms with Crippen molar-refractivity contribution in [3.05, 3.63) is 0 Å². The van der Waals surface area contributed by atoms with Crippen molar-refractivity contribution in [1.29, 1.82) is 0 Å². The third-order valence-electron chi connectivity index (χ3n) is 3.63. The van der Waals surface area contributed by atoms with E-state index < -0.39 is 0 Å². The van der Waals surface area contributed by atoms with Crippen LogP contribution in [0.15, 0.2) is 0 Å². The summed E-state index contributed by atoms with van der Waals surface area (Å²) < 4.78 is 5.00. The lowest BCUT2D eigenvalue weighted by atomic mass is 9.84. The Morgan fingerprint density at radius 1 is 1.39 bits per heavy atom. The molecule has 0 heterocycles. The van der Waals surface area contributed by atoms with E-state index in [9.17, 15) is 4.79 Å². The fourth-order valence-corrected chi connectivity index (χ4v) is 2.35. The molecular weight excluding hydrogens is 230 g/mol. The average molecular weight is 257 g/mol. The molecule has 1 aliphatic carbocycles. The Kier molecular flexibility index (Phi) is 7.23. The number of nitrogens with one attached hydrogen (secondary N) is 1. The van der Waals surface area contributed by atoms with E-state index in [0.29, 0.717) is 6.54 Å². The molecule has 1 aliphatic rings. The van der Waals surface area contributed by atoms with Gasteiger partial charge in [-0.25, -0.2) is 0 Å². The summed E-state index contributed by atoms with van der Waals surface area (Å²) >= 11 is 0. The smallest absolute Gasteiger partial charge is 0.224 e. The molecule has 1 fully saturated rings. The Bertz CT molecular complexity index is 248. The maximum Gasteiger partial charge on any atom is 0.224 e. The van der Waals surface area contributed by atoms with E-state index in [2.05, 4.69) is 10.2 Å². The highest BCUT2D eigenvalue weighted by Gasteiger charge is 2.27. The van der Waals surface area contributed by atoms with Crippen LogP contribution in [0.1, 0.15) is 25.7 Å². The van der Waals surface area contributed by atoms with Crippen LogP contribution in [0.25, 0.3) is 0 Å². The van der Waals surface area contributed by atoms with Crippen molar-refractivity contribution >= 4 is 5.91 Å². The summed E-state index contributed by atoms with van der Waals surface area (Å²) in [5.41, 5.74) is 5.99. The van der Waals surface area contributed by atoms with Gasteiger partial charge in [0, 0.05) is 32.8 Å². The summed E-state index contributed by atoms with van der Waals surface area (Å²) in [5.74, 6) is 0.144. The summed E-state index contributed by atoms with van der Waals surface area (Å²) in [6, 6.07) is 0.0463. The number of carbonyl (C=O) groups is 1. The molecule has 0 aliphatic heterocycles. The summed E-state index contributed by atoms with van der Waals surface area (Å²) in [7, 11) is 3.72. The van der Waals surface area contributed by atoms with Crippen LogP contribution in [-0.4, -0.2) is 57.2 Å². The Hall–Kier alpha value is -0.650. The van der Waals surface area contributed by atoms with E-state index in [1.54, 1.807) is 7.11 Å². The van der Waals surface area contributed by atoms with Gasteiger partial charge in [0.1, 0.15) is 0 Å². The standard InChI is InChI=1S/C13H27N3O2/c1-16(9-10-18-2)8-7-15-13(17)11-5-3-4-6-12(11)14/h11-12H,3-10,14H2,1-2H3,(H,15,17). The minimum Gasteiger partial charge on any atom is -0.383 e. The zero-order valence-corrected chi connectivity index (χ0v) is 11.7. The largest absolute Gasteiger partial charge is 0.383 e. The van der Waals surface area contributed by atoms with Gasteiger partial charge in [-0.05, 0) is 19.9 Å². The van der Waals surface area contributed by atoms with Crippen molar-refractivity contribution < 1.29 is 9.53 Å². The maximum absolute atomic E-state index is 12.0. The number of ether oxygens (including phenoxy) is 1. The molecule has 0 spiro atoms. The number of nitrogens with zero attached hydrogens (tertiary/aromatic N) is 1. The van der Waals surface area contributed by atoms with Gasteiger partial charge in [0.25, 0.3) is 0 Å². The Balaban J connectivity index is 2.16. The van der Waals surface area contributed by atoms with Crippen molar-refractivity contribution in [2.24, 2.45) is 11.7 Å². The van der Waals surface area contributed by atoms with Gasteiger partial charge in [0.05, 0.1) is 12.5 Å². The normalized spacial score (nSPS) is 24.2. The molecule has 0 bridgehead atoms. The lowest BCUT2D eigenvalue weighted by Crippen LogP contribution is -2.45. The van der Waals surface area contributed by atoms with Crippen molar-refractivity contribution in [2.75, 3.05) is 40.4 Å². The van der Waals surface area contributed by atoms with E-state index in [1.807, 2.05) is 7.05 Å². The van der Waals surface area contributed by atoms with Crippen LogP contribution in [0.3, 0.4) is 0 Å². The third kappa shape index (κ3) is 5.33.